The van der Waals surface area contributed by atoms with E-state index in [1.165, 1.54) is 12.1 Å². The second-order valence-electron chi connectivity index (χ2n) is 6.53. The van der Waals surface area contributed by atoms with Gasteiger partial charge in [0, 0.05) is 11.3 Å². The molecular weight excluding hydrogens is 405 g/mol. The number of nitriles is 1. The first-order chi connectivity index (χ1) is 14.5. The maximum absolute atomic E-state index is 13.4. The highest BCUT2D eigenvalue weighted by Gasteiger charge is 2.16. The summed E-state index contributed by atoms with van der Waals surface area (Å²) >= 11 is 1.15. The van der Waals surface area contributed by atoms with Crippen LogP contribution in [0.5, 0.6) is 11.5 Å². The molecule has 1 amide bonds. The Labute approximate surface area is 176 Å². The lowest BCUT2D eigenvalue weighted by Crippen LogP contribution is -2.15. The maximum atomic E-state index is 13.4. The Bertz CT molecular complexity index is 1180. The second kappa shape index (κ2) is 8.43. The van der Waals surface area contributed by atoms with Crippen LogP contribution < -0.4 is 14.8 Å². The van der Waals surface area contributed by atoms with Crippen LogP contribution in [0.3, 0.4) is 0 Å². The van der Waals surface area contributed by atoms with Crippen molar-refractivity contribution in [1.29, 1.82) is 5.26 Å². The molecule has 1 aliphatic rings. The average Bonchev–Trinajstić information content (AvgIpc) is 3.22. The molecule has 4 rings (SSSR count). The maximum Gasteiger partial charge on any atom is 0.234 e. The van der Waals surface area contributed by atoms with Gasteiger partial charge in [-0.25, -0.2) is 9.37 Å². The Hall–Kier alpha value is -3.57. The van der Waals surface area contributed by atoms with Crippen LogP contribution in [0, 0.1) is 24.1 Å². The third-order valence-corrected chi connectivity index (χ3v) is 5.45. The largest absolute Gasteiger partial charge is 0.454 e. The summed E-state index contributed by atoms with van der Waals surface area (Å²) in [6.07, 6.45) is 0. The summed E-state index contributed by atoms with van der Waals surface area (Å²) in [5.74, 6) is 0.604. The Balaban J connectivity index is 1.51. The number of aromatic nitrogens is 1. The molecule has 0 saturated carbocycles. The number of hydrogen-bond acceptors (Lipinski definition) is 6. The van der Waals surface area contributed by atoms with Crippen molar-refractivity contribution in [3.8, 4) is 28.8 Å². The van der Waals surface area contributed by atoms with E-state index in [9.17, 15) is 14.4 Å². The van der Waals surface area contributed by atoms with Crippen molar-refractivity contribution >= 4 is 23.4 Å². The van der Waals surface area contributed by atoms with Gasteiger partial charge in [-0.1, -0.05) is 17.8 Å². The van der Waals surface area contributed by atoms with Gasteiger partial charge >= 0.3 is 0 Å². The highest BCUT2D eigenvalue weighted by atomic mass is 32.2. The van der Waals surface area contributed by atoms with Gasteiger partial charge < -0.3 is 14.8 Å². The molecule has 0 atom stereocenters. The predicted molar refractivity (Wildman–Crippen MR) is 111 cm³/mol. The number of pyridine rings is 1. The van der Waals surface area contributed by atoms with Crippen LogP contribution in [0.15, 0.2) is 53.6 Å². The van der Waals surface area contributed by atoms with E-state index in [1.807, 2.05) is 12.1 Å². The molecule has 6 nitrogen and oxygen atoms in total. The van der Waals surface area contributed by atoms with Crippen LogP contribution in [0.25, 0.3) is 11.3 Å². The van der Waals surface area contributed by atoms with Crippen molar-refractivity contribution in [3.63, 3.8) is 0 Å². The van der Waals surface area contributed by atoms with Crippen LogP contribution in [0.1, 0.15) is 11.1 Å². The zero-order chi connectivity index (χ0) is 21.1. The number of carbonyl (C=O) groups is 1. The Kier molecular flexibility index (Phi) is 5.55. The summed E-state index contributed by atoms with van der Waals surface area (Å²) in [5, 5.41) is 12.5. The lowest BCUT2D eigenvalue weighted by atomic mass is 10.1. The summed E-state index contributed by atoms with van der Waals surface area (Å²) in [4.78, 5) is 16.9. The molecular formula is C22H16FN3O3S. The molecule has 30 heavy (non-hydrogen) atoms. The van der Waals surface area contributed by atoms with E-state index in [0.717, 1.165) is 22.9 Å². The molecule has 0 unspecified atom stereocenters. The van der Waals surface area contributed by atoms with E-state index in [1.54, 1.807) is 31.2 Å². The van der Waals surface area contributed by atoms with Gasteiger partial charge in [0.05, 0.1) is 17.0 Å². The molecule has 3 aromatic rings. The molecule has 8 heteroatoms. The monoisotopic (exact) mass is 421 g/mol. The van der Waals surface area contributed by atoms with Gasteiger partial charge in [0.25, 0.3) is 0 Å². The van der Waals surface area contributed by atoms with Crippen LogP contribution in [-0.4, -0.2) is 23.4 Å². The van der Waals surface area contributed by atoms with E-state index in [4.69, 9.17) is 9.47 Å². The quantitative estimate of drug-likeness (QED) is 0.610. The third kappa shape index (κ3) is 4.21. The molecule has 0 aliphatic carbocycles. The molecule has 0 spiro atoms. The zero-order valence-corrected chi connectivity index (χ0v) is 16.8. The van der Waals surface area contributed by atoms with Gasteiger partial charge in [0.15, 0.2) is 11.5 Å². The van der Waals surface area contributed by atoms with E-state index < -0.39 is 5.82 Å². The second-order valence-corrected chi connectivity index (χ2v) is 7.49. The van der Waals surface area contributed by atoms with E-state index in [0.29, 0.717) is 33.5 Å². The summed E-state index contributed by atoms with van der Waals surface area (Å²) in [6.45, 7) is 1.97. The van der Waals surface area contributed by atoms with Gasteiger partial charge in [-0.3, -0.25) is 4.79 Å². The minimum absolute atomic E-state index is 0.0300. The molecule has 1 N–H and O–H groups in total. The predicted octanol–water partition coefficient (Wildman–Crippen LogP) is 4.53. The molecule has 2 heterocycles. The number of hydrogen-bond donors (Lipinski definition) is 1. The van der Waals surface area contributed by atoms with Gasteiger partial charge in [-0.15, -0.1) is 0 Å². The van der Waals surface area contributed by atoms with E-state index >= 15 is 0 Å². The third-order valence-electron chi connectivity index (χ3n) is 4.46. The lowest BCUT2D eigenvalue weighted by molar-refractivity contribution is -0.113. The molecule has 0 bridgehead atoms. The molecule has 1 aliphatic heterocycles. The molecule has 0 radical (unpaired) electrons. The molecule has 150 valence electrons. The highest BCUT2D eigenvalue weighted by Crippen LogP contribution is 2.36. The fraction of sp³-hybridized carbons (Fsp3) is 0.136. The number of amides is 1. The summed E-state index contributed by atoms with van der Waals surface area (Å²) in [7, 11) is 0. The first-order valence-corrected chi connectivity index (χ1v) is 10.0. The summed E-state index contributed by atoms with van der Waals surface area (Å²) < 4.78 is 24.1. The Morgan fingerprint density at radius 1 is 1.20 bits per heavy atom. The lowest BCUT2D eigenvalue weighted by Gasteiger charge is -2.10. The summed E-state index contributed by atoms with van der Waals surface area (Å²) in [6, 6.07) is 15.2. The first-order valence-electron chi connectivity index (χ1n) is 9.03. The van der Waals surface area contributed by atoms with Gasteiger partial charge in [-0.05, 0) is 55.0 Å². The van der Waals surface area contributed by atoms with Gasteiger partial charge in [0.1, 0.15) is 16.9 Å². The average molecular weight is 421 g/mol. The van der Waals surface area contributed by atoms with Crippen LogP contribution in [-0.2, 0) is 4.79 Å². The molecule has 1 aromatic heterocycles. The number of thioether (sulfide) groups is 1. The number of rotatable bonds is 5. The van der Waals surface area contributed by atoms with Crippen molar-refractivity contribution in [1.82, 2.24) is 4.98 Å². The minimum atomic E-state index is -0.423. The van der Waals surface area contributed by atoms with Crippen LogP contribution in [0.2, 0.25) is 0 Å². The number of ether oxygens (including phenoxy) is 2. The highest BCUT2D eigenvalue weighted by molar-refractivity contribution is 8.00. The van der Waals surface area contributed by atoms with Crippen molar-refractivity contribution in [2.75, 3.05) is 17.9 Å². The van der Waals surface area contributed by atoms with Crippen LogP contribution in [0.4, 0.5) is 10.1 Å². The topological polar surface area (TPSA) is 84.2 Å². The number of aryl methyl sites for hydroxylation is 1. The number of nitrogens with one attached hydrogen (secondary N) is 1. The smallest absolute Gasteiger partial charge is 0.234 e. The normalized spacial score (nSPS) is 11.8. The van der Waals surface area contributed by atoms with Crippen molar-refractivity contribution in [2.45, 2.75) is 11.9 Å². The van der Waals surface area contributed by atoms with E-state index in [2.05, 4.69) is 16.4 Å². The van der Waals surface area contributed by atoms with E-state index in [-0.39, 0.29) is 18.5 Å². The fourth-order valence-corrected chi connectivity index (χ4v) is 3.67. The number of anilines is 1. The summed E-state index contributed by atoms with van der Waals surface area (Å²) in [5.41, 5.74) is 3.01. The zero-order valence-electron chi connectivity index (χ0n) is 15.9. The number of halogens is 1. The Morgan fingerprint density at radius 3 is 2.87 bits per heavy atom. The number of carbonyl (C=O) groups excluding carboxylic acids is 1. The molecule has 2 aromatic carbocycles. The van der Waals surface area contributed by atoms with Crippen molar-refractivity contribution < 1.29 is 18.7 Å². The molecule has 0 fully saturated rings. The first kappa shape index (κ1) is 19.7. The Morgan fingerprint density at radius 2 is 2.03 bits per heavy atom. The number of fused-ring (bicyclic) bond motifs is 1. The molecule has 0 saturated heterocycles. The number of nitrogens with zero attached hydrogens (tertiary/aromatic N) is 2. The SMILES string of the molecule is Cc1ccc(F)cc1NC(=O)CSc1nc(-c2ccc3c(c2)OCO3)ccc1C#N. The minimum Gasteiger partial charge on any atom is -0.454 e. The van der Waals surface area contributed by atoms with Crippen molar-refractivity contribution in [3.05, 3.63) is 65.5 Å². The van der Waals surface area contributed by atoms with Gasteiger partial charge in [0.2, 0.25) is 12.7 Å². The van der Waals surface area contributed by atoms with Gasteiger partial charge in [-0.2, -0.15) is 5.26 Å². The fourth-order valence-electron chi connectivity index (χ4n) is 2.90. The number of benzene rings is 2. The standard InChI is InChI=1S/C22H16FN3O3S/c1-13-2-5-16(23)9-18(13)25-21(27)11-30-22-15(10-24)3-6-17(26-22)14-4-7-19-20(8-14)29-12-28-19/h2-9H,11-12H2,1H3,(H,25,27). The van der Waals surface area contributed by atoms with Crippen molar-refractivity contribution in [2.24, 2.45) is 0 Å². The van der Waals surface area contributed by atoms with Crippen LogP contribution >= 0.6 is 11.8 Å².